The molecule has 0 fully saturated rings. The summed E-state index contributed by atoms with van der Waals surface area (Å²) in [5.41, 5.74) is -0.605. The van der Waals surface area contributed by atoms with Gasteiger partial charge in [0.15, 0.2) is 0 Å². The van der Waals surface area contributed by atoms with Crippen LogP contribution >= 0.6 is 0 Å². The topological polar surface area (TPSA) is 40.5 Å². The molecule has 1 N–H and O–H groups in total. The number of carbonyl (C=O) groups is 1. The molecule has 18 heavy (non-hydrogen) atoms. The Bertz CT molecular complexity index is 243. The van der Waals surface area contributed by atoms with Gasteiger partial charge in [-0.1, -0.05) is 33.6 Å². The van der Waals surface area contributed by atoms with Gasteiger partial charge in [0.1, 0.15) is 0 Å². The summed E-state index contributed by atoms with van der Waals surface area (Å²) in [6.07, 6.45) is 5.05. The molecule has 0 aliphatic heterocycles. The quantitative estimate of drug-likeness (QED) is 0.647. The van der Waals surface area contributed by atoms with Crippen molar-refractivity contribution in [2.75, 3.05) is 13.1 Å². The van der Waals surface area contributed by atoms with Gasteiger partial charge in [-0.05, 0) is 39.7 Å². The molecule has 0 aromatic carbocycles. The number of unbranched alkanes of at least 4 members (excludes halogenated alkanes) is 1. The van der Waals surface area contributed by atoms with E-state index in [1.54, 1.807) is 0 Å². The molecule has 2 unspecified atom stereocenters. The number of hydrogen-bond donors (Lipinski definition) is 1. The highest BCUT2D eigenvalue weighted by Gasteiger charge is 2.34. The molecule has 0 heterocycles. The lowest BCUT2D eigenvalue weighted by Crippen LogP contribution is -2.45. The summed E-state index contributed by atoms with van der Waals surface area (Å²) in [7, 11) is 0. The van der Waals surface area contributed by atoms with E-state index in [0.29, 0.717) is 12.6 Å². The second-order valence-electron chi connectivity index (χ2n) is 5.70. The van der Waals surface area contributed by atoms with Crippen molar-refractivity contribution in [3.8, 4) is 0 Å². The van der Waals surface area contributed by atoms with Crippen LogP contribution in [0.1, 0.15) is 66.7 Å². The van der Waals surface area contributed by atoms with E-state index in [-0.39, 0.29) is 0 Å². The van der Waals surface area contributed by atoms with Crippen molar-refractivity contribution < 1.29 is 9.90 Å². The van der Waals surface area contributed by atoms with E-state index in [4.69, 9.17) is 0 Å². The third-order valence-corrected chi connectivity index (χ3v) is 3.88. The molecular weight excluding hydrogens is 226 g/mol. The lowest BCUT2D eigenvalue weighted by molar-refractivity contribution is -0.150. The molecule has 0 bridgehead atoms. The van der Waals surface area contributed by atoms with Crippen LogP contribution in [0, 0.1) is 5.41 Å². The van der Waals surface area contributed by atoms with Crippen LogP contribution in [0.5, 0.6) is 0 Å². The van der Waals surface area contributed by atoms with E-state index in [0.717, 1.165) is 38.6 Å². The molecule has 0 radical (unpaired) electrons. The Morgan fingerprint density at radius 1 is 1.28 bits per heavy atom. The Morgan fingerprint density at radius 2 is 1.89 bits per heavy atom. The Morgan fingerprint density at radius 3 is 2.28 bits per heavy atom. The summed E-state index contributed by atoms with van der Waals surface area (Å²) in [4.78, 5) is 13.9. The number of aliphatic carboxylic acids is 1. The van der Waals surface area contributed by atoms with Crippen molar-refractivity contribution in [2.24, 2.45) is 5.41 Å². The highest BCUT2D eigenvalue weighted by atomic mass is 16.4. The minimum Gasteiger partial charge on any atom is -0.481 e. The van der Waals surface area contributed by atoms with Crippen LogP contribution < -0.4 is 0 Å². The molecule has 0 aromatic rings. The zero-order chi connectivity index (χ0) is 14.2. The summed E-state index contributed by atoms with van der Waals surface area (Å²) >= 11 is 0. The SMILES string of the molecule is CCCCN(CC(C)(CCC)C(=O)O)C(C)CC. The van der Waals surface area contributed by atoms with Crippen molar-refractivity contribution in [3.05, 3.63) is 0 Å². The molecule has 0 saturated carbocycles. The van der Waals surface area contributed by atoms with Gasteiger partial charge in [-0.25, -0.2) is 0 Å². The lowest BCUT2D eigenvalue weighted by atomic mass is 9.84. The molecule has 0 aromatic heterocycles. The first-order chi connectivity index (χ1) is 8.41. The third kappa shape index (κ3) is 5.38. The Kier molecular flexibility index (Phi) is 8.25. The van der Waals surface area contributed by atoms with Crippen LogP contribution in [-0.2, 0) is 4.79 Å². The number of rotatable bonds is 10. The molecule has 0 aliphatic carbocycles. The van der Waals surface area contributed by atoms with Crippen LogP contribution in [0.3, 0.4) is 0 Å². The van der Waals surface area contributed by atoms with Gasteiger partial charge in [-0.2, -0.15) is 0 Å². The average Bonchev–Trinajstić information content (AvgIpc) is 2.33. The summed E-state index contributed by atoms with van der Waals surface area (Å²) in [5, 5.41) is 9.47. The summed E-state index contributed by atoms with van der Waals surface area (Å²) in [6.45, 7) is 12.2. The average molecular weight is 257 g/mol. The van der Waals surface area contributed by atoms with Gasteiger partial charge in [0, 0.05) is 12.6 Å². The second kappa shape index (κ2) is 8.52. The predicted molar refractivity (Wildman–Crippen MR) is 76.9 cm³/mol. The summed E-state index contributed by atoms with van der Waals surface area (Å²) in [5.74, 6) is -0.658. The molecule has 0 aliphatic rings. The molecular formula is C15H31NO2. The fourth-order valence-electron chi connectivity index (χ4n) is 2.33. The van der Waals surface area contributed by atoms with E-state index >= 15 is 0 Å². The van der Waals surface area contributed by atoms with Crippen LogP contribution in [0.15, 0.2) is 0 Å². The molecule has 0 rings (SSSR count). The first-order valence-electron chi connectivity index (χ1n) is 7.38. The highest BCUT2D eigenvalue weighted by Crippen LogP contribution is 2.26. The van der Waals surface area contributed by atoms with Gasteiger partial charge in [-0.15, -0.1) is 0 Å². The monoisotopic (exact) mass is 257 g/mol. The minimum atomic E-state index is -0.658. The maximum absolute atomic E-state index is 11.5. The number of carboxylic acid groups (broad SMARTS) is 1. The number of carboxylic acids is 1. The van der Waals surface area contributed by atoms with E-state index in [2.05, 4.69) is 32.6 Å². The van der Waals surface area contributed by atoms with Crippen LogP contribution in [0.25, 0.3) is 0 Å². The van der Waals surface area contributed by atoms with Crippen molar-refractivity contribution in [1.29, 1.82) is 0 Å². The van der Waals surface area contributed by atoms with Gasteiger partial charge in [0.05, 0.1) is 5.41 Å². The Balaban J connectivity index is 4.73. The Hall–Kier alpha value is -0.570. The van der Waals surface area contributed by atoms with Gasteiger partial charge in [0.25, 0.3) is 0 Å². The zero-order valence-corrected chi connectivity index (χ0v) is 12.8. The van der Waals surface area contributed by atoms with Crippen LogP contribution in [0.2, 0.25) is 0 Å². The molecule has 2 atom stereocenters. The molecule has 0 spiro atoms. The first-order valence-corrected chi connectivity index (χ1v) is 7.38. The van der Waals surface area contributed by atoms with Crippen molar-refractivity contribution in [3.63, 3.8) is 0 Å². The summed E-state index contributed by atoms with van der Waals surface area (Å²) < 4.78 is 0. The smallest absolute Gasteiger partial charge is 0.310 e. The second-order valence-corrected chi connectivity index (χ2v) is 5.70. The standard InChI is InChI=1S/C15H31NO2/c1-6-9-11-16(13(4)8-3)12-15(5,10-7-2)14(17)18/h13H,6-12H2,1-5H3,(H,17,18). The lowest BCUT2D eigenvalue weighted by Gasteiger charge is -2.36. The van der Waals surface area contributed by atoms with Crippen molar-refractivity contribution >= 4 is 5.97 Å². The van der Waals surface area contributed by atoms with Crippen molar-refractivity contribution in [1.82, 2.24) is 4.90 Å². The zero-order valence-electron chi connectivity index (χ0n) is 12.8. The molecule has 3 nitrogen and oxygen atoms in total. The first kappa shape index (κ1) is 17.4. The van der Waals surface area contributed by atoms with Gasteiger partial charge in [0.2, 0.25) is 0 Å². The van der Waals surface area contributed by atoms with Crippen LogP contribution in [-0.4, -0.2) is 35.1 Å². The predicted octanol–water partition coefficient (Wildman–Crippen LogP) is 3.78. The maximum atomic E-state index is 11.5. The maximum Gasteiger partial charge on any atom is 0.310 e. The van der Waals surface area contributed by atoms with E-state index in [9.17, 15) is 9.90 Å². The third-order valence-electron chi connectivity index (χ3n) is 3.88. The molecule has 108 valence electrons. The minimum absolute atomic E-state index is 0.465. The number of hydrogen-bond acceptors (Lipinski definition) is 2. The van der Waals surface area contributed by atoms with Gasteiger partial charge >= 0.3 is 5.97 Å². The normalized spacial score (nSPS) is 16.6. The summed E-state index contributed by atoms with van der Waals surface area (Å²) in [6, 6.07) is 0.465. The fourth-order valence-corrected chi connectivity index (χ4v) is 2.33. The fraction of sp³-hybridized carbons (Fsp3) is 0.933. The molecule has 3 heteroatoms. The Labute approximate surface area is 113 Å². The number of nitrogens with zero attached hydrogens (tertiary/aromatic N) is 1. The van der Waals surface area contributed by atoms with Crippen LogP contribution in [0.4, 0.5) is 0 Å². The van der Waals surface area contributed by atoms with Gasteiger partial charge < -0.3 is 5.11 Å². The van der Waals surface area contributed by atoms with Gasteiger partial charge in [-0.3, -0.25) is 9.69 Å². The molecule has 0 amide bonds. The van der Waals surface area contributed by atoms with E-state index < -0.39 is 11.4 Å². The highest BCUT2D eigenvalue weighted by molar-refractivity contribution is 5.74. The molecule has 0 saturated heterocycles. The van der Waals surface area contributed by atoms with E-state index in [1.165, 1.54) is 0 Å². The van der Waals surface area contributed by atoms with E-state index in [1.807, 2.05) is 6.92 Å². The largest absolute Gasteiger partial charge is 0.481 e. The van der Waals surface area contributed by atoms with Crippen molar-refractivity contribution in [2.45, 2.75) is 72.8 Å².